The van der Waals surface area contributed by atoms with Gasteiger partial charge in [0.25, 0.3) is 0 Å². The molecule has 4 rings (SSSR count). The van der Waals surface area contributed by atoms with Gasteiger partial charge in [0.1, 0.15) is 11.4 Å². The van der Waals surface area contributed by atoms with Crippen LogP contribution in [0.4, 0.5) is 15.7 Å². The van der Waals surface area contributed by atoms with Crippen molar-refractivity contribution in [2.75, 3.05) is 44.1 Å². The van der Waals surface area contributed by atoms with Crippen molar-refractivity contribution in [3.63, 3.8) is 0 Å². The molecule has 12 heteroatoms. The minimum atomic E-state index is -0.555. The number of carbonyl (C=O) groups is 2. The number of nitrogens with zero attached hydrogens (tertiary/aromatic N) is 5. The molecule has 1 N–H and O–H groups in total. The smallest absolute Gasteiger partial charge is 0.410 e. The lowest BCUT2D eigenvalue weighted by Crippen LogP contribution is -2.55. The molecule has 2 amide bonds. The molecule has 0 aliphatic carbocycles. The maximum atomic E-state index is 12.6. The Hall–Kier alpha value is -3.15. The normalized spacial score (nSPS) is 16.0. The van der Waals surface area contributed by atoms with Crippen LogP contribution in [0.2, 0.25) is 0 Å². The average molecular weight is 477 g/mol. The summed E-state index contributed by atoms with van der Waals surface area (Å²) in [5.41, 5.74) is 0.420. The molecule has 2 aliphatic heterocycles. The number of anilines is 2. The second-order valence-electron chi connectivity index (χ2n) is 8.89. The lowest BCUT2D eigenvalue weighted by molar-refractivity contribution is -0.124. The molecule has 0 saturated carbocycles. The lowest BCUT2D eigenvalue weighted by atomic mass is 10.0. The van der Waals surface area contributed by atoms with Crippen LogP contribution in [0.15, 0.2) is 6.07 Å². The molecule has 11 nitrogen and oxygen atoms in total. The van der Waals surface area contributed by atoms with Crippen molar-refractivity contribution >= 4 is 34.3 Å². The first kappa shape index (κ1) is 23.0. The molecule has 1 saturated heterocycles. The second-order valence-corrected chi connectivity index (χ2v) is 9.97. The zero-order valence-electron chi connectivity index (χ0n) is 19.4. The third-order valence-electron chi connectivity index (χ3n) is 5.25. The van der Waals surface area contributed by atoms with Gasteiger partial charge in [0.15, 0.2) is 5.13 Å². The Bertz CT molecular complexity index is 1020. The molecule has 4 heterocycles. The molecule has 1 fully saturated rings. The largest absolute Gasteiger partial charge is 0.481 e. The zero-order valence-corrected chi connectivity index (χ0v) is 20.2. The van der Waals surface area contributed by atoms with E-state index in [1.165, 1.54) is 23.3 Å². The van der Waals surface area contributed by atoms with E-state index in [-0.39, 0.29) is 17.8 Å². The fourth-order valence-corrected chi connectivity index (χ4v) is 4.55. The summed E-state index contributed by atoms with van der Waals surface area (Å²) in [6.45, 7) is 7.48. The van der Waals surface area contributed by atoms with E-state index in [1.54, 1.807) is 13.2 Å². The highest BCUT2D eigenvalue weighted by Crippen LogP contribution is 2.32. The van der Waals surface area contributed by atoms with E-state index in [4.69, 9.17) is 14.2 Å². The van der Waals surface area contributed by atoms with Crippen molar-refractivity contribution in [1.29, 1.82) is 0 Å². The Balaban J connectivity index is 1.35. The van der Waals surface area contributed by atoms with E-state index in [2.05, 4.69) is 25.2 Å². The first-order valence-corrected chi connectivity index (χ1v) is 11.5. The van der Waals surface area contributed by atoms with Gasteiger partial charge in [-0.15, -0.1) is 0 Å². The minimum absolute atomic E-state index is 0.136. The Morgan fingerprint density at radius 2 is 1.91 bits per heavy atom. The summed E-state index contributed by atoms with van der Waals surface area (Å²) in [4.78, 5) is 42.5. The number of methoxy groups -OCH3 is 2. The zero-order chi connectivity index (χ0) is 23.8. The summed E-state index contributed by atoms with van der Waals surface area (Å²) < 4.78 is 15.7. The van der Waals surface area contributed by atoms with Gasteiger partial charge < -0.3 is 29.3 Å². The van der Waals surface area contributed by atoms with Crippen molar-refractivity contribution in [2.45, 2.75) is 39.3 Å². The SMILES string of the molecule is COc1cc(N2CCc3nc(NC(=O)C4CN(C(=O)OC(C)(C)C)C4)sc3C2)nc(OC)n1. The molecule has 0 aromatic carbocycles. The van der Waals surface area contributed by atoms with E-state index in [0.717, 1.165) is 23.5 Å². The van der Waals surface area contributed by atoms with Crippen LogP contribution in [0, 0.1) is 5.92 Å². The number of amides is 2. The molecule has 2 aromatic rings. The summed E-state index contributed by atoms with van der Waals surface area (Å²) in [7, 11) is 3.06. The monoisotopic (exact) mass is 476 g/mol. The Kier molecular flexibility index (Phi) is 6.28. The summed E-state index contributed by atoms with van der Waals surface area (Å²) >= 11 is 1.45. The number of hydrogen-bond donors (Lipinski definition) is 1. The predicted octanol–water partition coefficient (Wildman–Crippen LogP) is 2.32. The molecular weight excluding hydrogens is 448 g/mol. The van der Waals surface area contributed by atoms with Gasteiger partial charge in [-0.25, -0.2) is 9.78 Å². The number of likely N-dealkylation sites (tertiary alicyclic amines) is 1. The van der Waals surface area contributed by atoms with Gasteiger partial charge in [-0.3, -0.25) is 4.79 Å². The topological polar surface area (TPSA) is 119 Å². The third-order valence-corrected chi connectivity index (χ3v) is 6.25. The summed E-state index contributed by atoms with van der Waals surface area (Å²) in [6.07, 6.45) is 0.334. The summed E-state index contributed by atoms with van der Waals surface area (Å²) in [5, 5.41) is 3.48. The molecule has 0 spiro atoms. The van der Waals surface area contributed by atoms with Gasteiger partial charge >= 0.3 is 12.1 Å². The van der Waals surface area contributed by atoms with Gasteiger partial charge in [-0.2, -0.15) is 9.97 Å². The highest BCUT2D eigenvalue weighted by molar-refractivity contribution is 7.15. The van der Waals surface area contributed by atoms with Crippen LogP contribution in [0.1, 0.15) is 31.3 Å². The molecule has 0 atom stereocenters. The van der Waals surface area contributed by atoms with E-state index in [1.807, 2.05) is 20.8 Å². The first-order chi connectivity index (χ1) is 15.6. The van der Waals surface area contributed by atoms with Crippen LogP contribution < -0.4 is 19.7 Å². The van der Waals surface area contributed by atoms with Crippen LogP contribution in [0.5, 0.6) is 11.9 Å². The van der Waals surface area contributed by atoms with Crippen molar-refractivity contribution < 1.29 is 23.8 Å². The van der Waals surface area contributed by atoms with Crippen molar-refractivity contribution in [2.24, 2.45) is 5.92 Å². The van der Waals surface area contributed by atoms with Crippen molar-refractivity contribution in [3.8, 4) is 11.9 Å². The van der Waals surface area contributed by atoms with Crippen molar-refractivity contribution in [1.82, 2.24) is 19.9 Å². The molecule has 2 aliphatic rings. The van der Waals surface area contributed by atoms with E-state index >= 15 is 0 Å². The number of carbonyl (C=O) groups excluding carboxylic acids is 2. The van der Waals surface area contributed by atoms with Gasteiger partial charge in [0, 0.05) is 37.0 Å². The van der Waals surface area contributed by atoms with Gasteiger partial charge in [-0.05, 0) is 20.8 Å². The minimum Gasteiger partial charge on any atom is -0.481 e. The molecular formula is C21H28N6O5S. The molecule has 178 valence electrons. The highest BCUT2D eigenvalue weighted by Gasteiger charge is 2.38. The predicted molar refractivity (Wildman–Crippen MR) is 122 cm³/mol. The standard InChI is InChI=1S/C21H28N6O5S/c1-21(2,3)32-20(29)27-9-12(10-27)17(28)25-19-22-13-6-7-26(11-14(13)33-19)15-8-16(30-4)24-18(23-15)31-5/h8,12H,6-7,9-11H2,1-5H3,(H,22,25,28). The number of aromatic nitrogens is 3. The van der Waals surface area contributed by atoms with Gasteiger partial charge in [0.05, 0.1) is 32.4 Å². The van der Waals surface area contributed by atoms with Gasteiger partial charge in [0.2, 0.25) is 11.8 Å². The molecule has 0 radical (unpaired) electrons. The average Bonchev–Trinajstić information content (AvgIpc) is 3.12. The van der Waals surface area contributed by atoms with Crippen LogP contribution in [-0.4, -0.2) is 71.3 Å². The number of hydrogen-bond acceptors (Lipinski definition) is 10. The number of ether oxygens (including phenoxy) is 3. The Morgan fingerprint density at radius 1 is 1.15 bits per heavy atom. The van der Waals surface area contributed by atoms with Crippen LogP contribution in [-0.2, 0) is 22.5 Å². The molecule has 0 unspecified atom stereocenters. The maximum absolute atomic E-state index is 12.6. The maximum Gasteiger partial charge on any atom is 0.410 e. The quantitative estimate of drug-likeness (QED) is 0.693. The fourth-order valence-electron chi connectivity index (χ4n) is 3.52. The van der Waals surface area contributed by atoms with E-state index < -0.39 is 11.7 Å². The number of fused-ring (bicyclic) bond motifs is 1. The Morgan fingerprint density at radius 3 is 2.58 bits per heavy atom. The van der Waals surface area contributed by atoms with Gasteiger partial charge in [-0.1, -0.05) is 11.3 Å². The number of nitrogens with one attached hydrogen (secondary N) is 1. The number of thiazole rings is 1. The van der Waals surface area contributed by atoms with E-state index in [0.29, 0.717) is 36.5 Å². The molecule has 33 heavy (non-hydrogen) atoms. The highest BCUT2D eigenvalue weighted by atomic mass is 32.1. The summed E-state index contributed by atoms with van der Waals surface area (Å²) in [6, 6.07) is 2.01. The van der Waals surface area contributed by atoms with Crippen molar-refractivity contribution in [3.05, 3.63) is 16.6 Å². The lowest BCUT2D eigenvalue weighted by Gasteiger charge is -2.38. The third kappa shape index (κ3) is 5.27. The molecule has 0 bridgehead atoms. The van der Waals surface area contributed by atoms with E-state index in [9.17, 15) is 9.59 Å². The summed E-state index contributed by atoms with van der Waals surface area (Å²) in [5.74, 6) is 0.736. The first-order valence-electron chi connectivity index (χ1n) is 10.6. The van der Waals surface area contributed by atoms with Crippen LogP contribution in [0.25, 0.3) is 0 Å². The Labute approximate surface area is 196 Å². The molecule has 2 aromatic heterocycles. The van der Waals surface area contributed by atoms with Crippen LogP contribution in [0.3, 0.4) is 0 Å². The van der Waals surface area contributed by atoms with Crippen LogP contribution >= 0.6 is 11.3 Å². The number of rotatable bonds is 5. The second kappa shape index (κ2) is 9.00. The fraction of sp³-hybridized carbons (Fsp3) is 0.571.